The minimum atomic E-state index is 0.912. The Morgan fingerprint density at radius 3 is 2.47 bits per heavy atom. The SMILES string of the molecule is CCCCCCCCc1cccc([C](C)N)c1. The zero-order valence-electron chi connectivity index (χ0n) is 11.3. The van der Waals surface area contributed by atoms with Crippen LogP contribution >= 0.6 is 0 Å². The first-order valence-electron chi connectivity index (χ1n) is 6.92. The van der Waals surface area contributed by atoms with Crippen LogP contribution in [0.25, 0.3) is 0 Å². The molecule has 0 fully saturated rings. The third-order valence-electron chi connectivity index (χ3n) is 3.20. The molecule has 0 saturated carbocycles. The van der Waals surface area contributed by atoms with Gasteiger partial charge in [0.15, 0.2) is 0 Å². The van der Waals surface area contributed by atoms with Gasteiger partial charge < -0.3 is 5.73 Å². The van der Waals surface area contributed by atoms with Crippen molar-refractivity contribution in [2.75, 3.05) is 0 Å². The molecule has 0 aromatic heterocycles. The fraction of sp³-hybridized carbons (Fsp3) is 0.562. The number of nitrogens with two attached hydrogens (primary N) is 1. The number of hydrogen-bond acceptors (Lipinski definition) is 1. The van der Waals surface area contributed by atoms with Crippen LogP contribution in [-0.4, -0.2) is 0 Å². The zero-order valence-corrected chi connectivity index (χ0v) is 11.3. The van der Waals surface area contributed by atoms with E-state index in [2.05, 4.69) is 31.2 Å². The molecular weight excluding hydrogens is 206 g/mol. The maximum Gasteiger partial charge on any atom is 0.0603 e. The van der Waals surface area contributed by atoms with Crippen molar-refractivity contribution in [1.82, 2.24) is 0 Å². The molecule has 1 rings (SSSR count). The smallest absolute Gasteiger partial charge is 0.0603 e. The highest BCUT2D eigenvalue weighted by atomic mass is 14.6. The molecular formula is C16H26N. The molecule has 0 amide bonds. The van der Waals surface area contributed by atoms with Crippen molar-refractivity contribution < 1.29 is 0 Å². The molecule has 17 heavy (non-hydrogen) atoms. The number of unbranched alkanes of at least 4 members (excludes halogenated alkanes) is 5. The van der Waals surface area contributed by atoms with Crippen molar-refractivity contribution in [3.05, 3.63) is 41.4 Å². The van der Waals surface area contributed by atoms with Gasteiger partial charge in [-0.25, -0.2) is 0 Å². The summed E-state index contributed by atoms with van der Waals surface area (Å²) in [5.41, 5.74) is 8.40. The molecule has 0 aliphatic carbocycles. The van der Waals surface area contributed by atoms with Crippen molar-refractivity contribution in [3.8, 4) is 0 Å². The Hall–Kier alpha value is -0.820. The zero-order chi connectivity index (χ0) is 12.5. The van der Waals surface area contributed by atoms with Gasteiger partial charge in [-0.3, -0.25) is 0 Å². The summed E-state index contributed by atoms with van der Waals surface area (Å²) in [7, 11) is 0. The Balaban J connectivity index is 2.24. The second-order valence-electron chi connectivity index (χ2n) is 4.90. The van der Waals surface area contributed by atoms with E-state index in [1.807, 2.05) is 6.92 Å². The highest BCUT2D eigenvalue weighted by Crippen LogP contribution is 2.14. The highest BCUT2D eigenvalue weighted by molar-refractivity contribution is 5.31. The van der Waals surface area contributed by atoms with Crippen molar-refractivity contribution >= 4 is 0 Å². The summed E-state index contributed by atoms with van der Waals surface area (Å²) in [6.07, 6.45) is 9.34. The standard InChI is InChI=1S/C16H26N/c1-3-4-5-6-7-8-10-15-11-9-12-16(13-15)14(2)17/h9,11-13H,3-8,10,17H2,1-2H3. The molecule has 0 aliphatic heterocycles. The molecule has 1 heteroatoms. The average Bonchev–Trinajstić information content (AvgIpc) is 2.34. The lowest BCUT2D eigenvalue weighted by atomic mass is 10.0. The lowest BCUT2D eigenvalue weighted by Crippen LogP contribution is -2.06. The Kier molecular flexibility index (Phi) is 6.95. The van der Waals surface area contributed by atoms with Gasteiger partial charge in [-0.2, -0.15) is 0 Å². The van der Waals surface area contributed by atoms with Gasteiger partial charge in [-0.1, -0.05) is 63.3 Å². The molecule has 0 unspecified atom stereocenters. The monoisotopic (exact) mass is 232 g/mol. The molecule has 1 aromatic carbocycles. The number of rotatable bonds is 8. The van der Waals surface area contributed by atoms with Gasteiger partial charge in [-0.15, -0.1) is 0 Å². The first-order valence-corrected chi connectivity index (χ1v) is 6.92. The molecule has 1 radical (unpaired) electrons. The van der Waals surface area contributed by atoms with E-state index in [0.717, 1.165) is 6.04 Å². The summed E-state index contributed by atoms with van der Waals surface area (Å²) in [6.45, 7) is 4.22. The summed E-state index contributed by atoms with van der Waals surface area (Å²) in [6, 6.07) is 9.53. The van der Waals surface area contributed by atoms with Crippen LogP contribution in [0.1, 0.15) is 63.5 Å². The summed E-state index contributed by atoms with van der Waals surface area (Å²) in [5, 5.41) is 0. The molecule has 0 atom stereocenters. The quantitative estimate of drug-likeness (QED) is 0.658. The fourth-order valence-corrected chi connectivity index (χ4v) is 2.08. The predicted molar refractivity (Wildman–Crippen MR) is 75.7 cm³/mol. The molecule has 95 valence electrons. The molecule has 0 spiro atoms. The Morgan fingerprint density at radius 2 is 1.76 bits per heavy atom. The van der Waals surface area contributed by atoms with Gasteiger partial charge in [0.25, 0.3) is 0 Å². The van der Waals surface area contributed by atoms with Crippen molar-refractivity contribution in [2.24, 2.45) is 5.73 Å². The van der Waals surface area contributed by atoms with Crippen LogP contribution in [0.5, 0.6) is 0 Å². The molecule has 0 bridgehead atoms. The predicted octanol–water partition coefficient (Wildman–Crippen LogP) is 4.45. The van der Waals surface area contributed by atoms with Crippen LogP contribution in [0.3, 0.4) is 0 Å². The Morgan fingerprint density at radius 1 is 1.06 bits per heavy atom. The van der Waals surface area contributed by atoms with E-state index >= 15 is 0 Å². The third-order valence-corrected chi connectivity index (χ3v) is 3.20. The number of benzene rings is 1. The third kappa shape index (κ3) is 5.88. The Labute approximate surface area is 106 Å². The van der Waals surface area contributed by atoms with Crippen LogP contribution in [0.2, 0.25) is 0 Å². The topological polar surface area (TPSA) is 26.0 Å². The maximum absolute atomic E-state index is 5.81. The maximum atomic E-state index is 5.81. The minimum absolute atomic E-state index is 0.912. The van der Waals surface area contributed by atoms with Gasteiger partial charge in [0.2, 0.25) is 0 Å². The molecule has 0 saturated heterocycles. The van der Waals surface area contributed by atoms with Gasteiger partial charge in [0, 0.05) is 0 Å². The fourth-order valence-electron chi connectivity index (χ4n) is 2.08. The van der Waals surface area contributed by atoms with E-state index in [4.69, 9.17) is 5.73 Å². The summed E-state index contributed by atoms with van der Waals surface area (Å²) in [4.78, 5) is 0. The summed E-state index contributed by atoms with van der Waals surface area (Å²) in [5.74, 6) is 0. The van der Waals surface area contributed by atoms with E-state index in [1.165, 1.54) is 56.1 Å². The van der Waals surface area contributed by atoms with E-state index in [-0.39, 0.29) is 0 Å². The van der Waals surface area contributed by atoms with Crippen LogP contribution in [-0.2, 0) is 6.42 Å². The number of aryl methyl sites for hydroxylation is 1. The molecule has 1 nitrogen and oxygen atoms in total. The molecule has 1 aromatic rings. The average molecular weight is 232 g/mol. The van der Waals surface area contributed by atoms with E-state index in [0.29, 0.717) is 0 Å². The van der Waals surface area contributed by atoms with E-state index < -0.39 is 0 Å². The lowest BCUT2D eigenvalue weighted by molar-refractivity contribution is 0.607. The van der Waals surface area contributed by atoms with Gasteiger partial charge in [0.1, 0.15) is 0 Å². The first kappa shape index (κ1) is 14.2. The molecule has 0 heterocycles. The van der Waals surface area contributed by atoms with Gasteiger partial charge >= 0.3 is 0 Å². The van der Waals surface area contributed by atoms with Crippen molar-refractivity contribution in [3.63, 3.8) is 0 Å². The number of hydrogen-bond donors (Lipinski definition) is 1. The van der Waals surface area contributed by atoms with Crippen LogP contribution in [0, 0.1) is 6.04 Å². The van der Waals surface area contributed by atoms with Crippen LogP contribution in [0.15, 0.2) is 24.3 Å². The Bertz CT molecular complexity index is 304. The molecule has 0 aliphatic rings. The van der Waals surface area contributed by atoms with Gasteiger partial charge in [0.05, 0.1) is 6.04 Å². The largest absolute Gasteiger partial charge is 0.320 e. The minimum Gasteiger partial charge on any atom is -0.320 e. The second kappa shape index (κ2) is 8.30. The van der Waals surface area contributed by atoms with E-state index in [9.17, 15) is 0 Å². The van der Waals surface area contributed by atoms with Crippen molar-refractivity contribution in [1.29, 1.82) is 0 Å². The lowest BCUT2D eigenvalue weighted by Gasteiger charge is -2.07. The molecule has 2 N–H and O–H groups in total. The van der Waals surface area contributed by atoms with Crippen molar-refractivity contribution in [2.45, 2.75) is 58.8 Å². The normalized spacial score (nSPS) is 11.1. The van der Waals surface area contributed by atoms with Gasteiger partial charge in [-0.05, 0) is 30.9 Å². The van der Waals surface area contributed by atoms with Crippen LogP contribution in [0.4, 0.5) is 0 Å². The first-order chi connectivity index (χ1) is 8.24. The summed E-state index contributed by atoms with van der Waals surface area (Å²) < 4.78 is 0. The second-order valence-corrected chi connectivity index (χ2v) is 4.90. The highest BCUT2D eigenvalue weighted by Gasteiger charge is 2.01. The summed E-state index contributed by atoms with van der Waals surface area (Å²) >= 11 is 0. The van der Waals surface area contributed by atoms with Crippen LogP contribution < -0.4 is 5.73 Å². The van der Waals surface area contributed by atoms with E-state index in [1.54, 1.807) is 0 Å².